The Morgan fingerprint density at radius 2 is 2.33 bits per heavy atom. The van der Waals surface area contributed by atoms with Crippen molar-refractivity contribution in [3.63, 3.8) is 0 Å². The number of ether oxygens (including phenoxy) is 1. The third-order valence-electron chi connectivity index (χ3n) is 2.54. The van der Waals surface area contributed by atoms with Crippen molar-refractivity contribution in [2.75, 3.05) is 13.6 Å². The summed E-state index contributed by atoms with van der Waals surface area (Å²) in [5, 5.41) is 2.90. The molecule has 0 saturated heterocycles. The maximum atomic E-state index is 11.3. The SMILES string of the molecule is CNCCC(=O)OCc1ccc2nc(C)oc2c1. The van der Waals surface area contributed by atoms with Crippen molar-refractivity contribution in [1.29, 1.82) is 0 Å². The van der Waals surface area contributed by atoms with E-state index in [-0.39, 0.29) is 12.6 Å². The number of hydrogen-bond donors (Lipinski definition) is 1. The van der Waals surface area contributed by atoms with Gasteiger partial charge in [-0.05, 0) is 24.7 Å². The average Bonchev–Trinajstić information content (AvgIpc) is 2.73. The first-order valence-corrected chi connectivity index (χ1v) is 5.85. The van der Waals surface area contributed by atoms with Crippen LogP contribution in [0.5, 0.6) is 0 Å². The number of aromatic nitrogens is 1. The molecule has 0 fully saturated rings. The second kappa shape index (κ2) is 5.64. The van der Waals surface area contributed by atoms with Gasteiger partial charge in [0.05, 0.1) is 6.42 Å². The number of benzene rings is 1. The zero-order valence-electron chi connectivity index (χ0n) is 10.5. The molecule has 1 aromatic heterocycles. The number of carbonyl (C=O) groups excluding carboxylic acids is 1. The maximum Gasteiger partial charge on any atom is 0.307 e. The Bertz CT molecular complexity index is 548. The van der Waals surface area contributed by atoms with E-state index in [1.54, 1.807) is 14.0 Å². The molecule has 5 nitrogen and oxygen atoms in total. The lowest BCUT2D eigenvalue weighted by Crippen LogP contribution is -2.14. The topological polar surface area (TPSA) is 64.4 Å². The molecule has 0 spiro atoms. The van der Waals surface area contributed by atoms with Gasteiger partial charge in [0, 0.05) is 13.5 Å². The van der Waals surface area contributed by atoms with E-state index in [0.717, 1.165) is 16.7 Å². The van der Waals surface area contributed by atoms with Gasteiger partial charge in [-0.15, -0.1) is 0 Å². The second-order valence-corrected chi connectivity index (χ2v) is 4.05. The molecular formula is C13H16N2O3. The largest absolute Gasteiger partial charge is 0.461 e. The van der Waals surface area contributed by atoms with E-state index in [2.05, 4.69) is 10.3 Å². The third kappa shape index (κ3) is 3.07. The van der Waals surface area contributed by atoms with E-state index in [1.165, 1.54) is 0 Å². The number of hydrogen-bond acceptors (Lipinski definition) is 5. The lowest BCUT2D eigenvalue weighted by atomic mass is 10.2. The Labute approximate surface area is 105 Å². The second-order valence-electron chi connectivity index (χ2n) is 4.05. The van der Waals surface area contributed by atoms with E-state index in [0.29, 0.717) is 18.9 Å². The fourth-order valence-electron chi connectivity index (χ4n) is 1.64. The molecule has 0 saturated carbocycles. The normalized spacial score (nSPS) is 10.8. The van der Waals surface area contributed by atoms with Gasteiger partial charge in [-0.1, -0.05) is 6.07 Å². The molecule has 1 aromatic carbocycles. The molecule has 0 bridgehead atoms. The fraction of sp³-hybridized carbons (Fsp3) is 0.385. The van der Waals surface area contributed by atoms with Crippen LogP contribution in [0, 0.1) is 6.92 Å². The summed E-state index contributed by atoms with van der Waals surface area (Å²) in [5.74, 6) is 0.423. The molecule has 5 heteroatoms. The predicted octanol–water partition coefficient (Wildman–Crippen LogP) is 1.79. The van der Waals surface area contributed by atoms with Crippen molar-refractivity contribution >= 4 is 17.1 Å². The van der Waals surface area contributed by atoms with Gasteiger partial charge in [-0.3, -0.25) is 4.79 Å². The summed E-state index contributed by atoms with van der Waals surface area (Å²) in [7, 11) is 1.80. The first-order chi connectivity index (χ1) is 8.69. The standard InChI is InChI=1S/C13H16N2O3/c1-9-15-11-4-3-10(7-12(11)18-9)8-17-13(16)5-6-14-2/h3-4,7,14H,5-6,8H2,1-2H3. The van der Waals surface area contributed by atoms with Crippen LogP contribution in [0.1, 0.15) is 17.9 Å². The van der Waals surface area contributed by atoms with Crippen LogP contribution in [0.4, 0.5) is 0 Å². The number of carbonyl (C=O) groups is 1. The zero-order valence-corrected chi connectivity index (χ0v) is 10.5. The van der Waals surface area contributed by atoms with Gasteiger partial charge in [-0.2, -0.15) is 0 Å². The molecule has 2 aromatic rings. The molecule has 0 aliphatic rings. The molecule has 0 unspecified atom stereocenters. The Balaban J connectivity index is 1.97. The Morgan fingerprint density at radius 3 is 3.11 bits per heavy atom. The van der Waals surface area contributed by atoms with Gasteiger partial charge >= 0.3 is 5.97 Å². The maximum absolute atomic E-state index is 11.3. The summed E-state index contributed by atoms with van der Waals surface area (Å²) in [6.45, 7) is 2.69. The van der Waals surface area contributed by atoms with Gasteiger partial charge in [0.25, 0.3) is 0 Å². The molecule has 0 atom stereocenters. The van der Waals surface area contributed by atoms with E-state index < -0.39 is 0 Å². The molecule has 0 radical (unpaired) electrons. The lowest BCUT2D eigenvalue weighted by Gasteiger charge is -2.04. The van der Waals surface area contributed by atoms with Crippen molar-refractivity contribution in [3.05, 3.63) is 29.7 Å². The monoisotopic (exact) mass is 248 g/mol. The summed E-state index contributed by atoms with van der Waals surface area (Å²) in [5.41, 5.74) is 2.44. The van der Waals surface area contributed by atoms with E-state index in [4.69, 9.17) is 9.15 Å². The highest BCUT2D eigenvalue weighted by molar-refractivity contribution is 5.73. The average molecular weight is 248 g/mol. The predicted molar refractivity (Wildman–Crippen MR) is 67.1 cm³/mol. The van der Waals surface area contributed by atoms with E-state index >= 15 is 0 Å². The Morgan fingerprint density at radius 1 is 1.50 bits per heavy atom. The molecular weight excluding hydrogens is 232 g/mol. The number of rotatable bonds is 5. The first kappa shape index (κ1) is 12.6. The van der Waals surface area contributed by atoms with Crippen LogP contribution in [0.25, 0.3) is 11.1 Å². The number of nitrogens with zero attached hydrogens (tertiary/aromatic N) is 1. The number of fused-ring (bicyclic) bond motifs is 1. The van der Waals surface area contributed by atoms with Gasteiger partial charge < -0.3 is 14.5 Å². The molecule has 2 rings (SSSR count). The molecule has 1 N–H and O–H groups in total. The minimum absolute atomic E-state index is 0.210. The van der Waals surface area contributed by atoms with Crippen LogP contribution in [0.2, 0.25) is 0 Å². The van der Waals surface area contributed by atoms with Crippen LogP contribution in [-0.2, 0) is 16.1 Å². The minimum Gasteiger partial charge on any atom is -0.461 e. The number of esters is 1. The van der Waals surface area contributed by atoms with Crippen molar-refractivity contribution in [3.8, 4) is 0 Å². The van der Waals surface area contributed by atoms with Crippen molar-refractivity contribution in [1.82, 2.24) is 10.3 Å². The summed E-state index contributed by atoms with van der Waals surface area (Å²) in [6.07, 6.45) is 0.375. The van der Waals surface area contributed by atoms with Crippen LogP contribution >= 0.6 is 0 Å². The number of oxazole rings is 1. The summed E-state index contributed by atoms with van der Waals surface area (Å²) in [6, 6.07) is 5.60. The lowest BCUT2D eigenvalue weighted by molar-refractivity contribution is -0.144. The van der Waals surface area contributed by atoms with Gasteiger partial charge in [0.15, 0.2) is 11.5 Å². The van der Waals surface area contributed by atoms with Gasteiger partial charge in [0.2, 0.25) is 0 Å². The van der Waals surface area contributed by atoms with Gasteiger partial charge in [-0.25, -0.2) is 4.98 Å². The van der Waals surface area contributed by atoms with Crippen molar-refractivity contribution in [2.24, 2.45) is 0 Å². The first-order valence-electron chi connectivity index (χ1n) is 5.85. The Kier molecular flexibility index (Phi) is 3.94. The highest BCUT2D eigenvalue weighted by atomic mass is 16.5. The summed E-state index contributed by atoms with van der Waals surface area (Å²) >= 11 is 0. The quantitative estimate of drug-likeness (QED) is 0.817. The molecule has 0 amide bonds. The zero-order chi connectivity index (χ0) is 13.0. The van der Waals surface area contributed by atoms with Crippen molar-refractivity contribution in [2.45, 2.75) is 20.0 Å². The smallest absolute Gasteiger partial charge is 0.307 e. The summed E-state index contributed by atoms with van der Waals surface area (Å²) < 4.78 is 10.6. The molecule has 1 heterocycles. The van der Waals surface area contributed by atoms with E-state index in [9.17, 15) is 4.79 Å². The van der Waals surface area contributed by atoms with Gasteiger partial charge in [0.1, 0.15) is 12.1 Å². The third-order valence-corrected chi connectivity index (χ3v) is 2.54. The number of aryl methyl sites for hydroxylation is 1. The van der Waals surface area contributed by atoms with Crippen LogP contribution in [0.3, 0.4) is 0 Å². The molecule has 0 aliphatic carbocycles. The minimum atomic E-state index is -0.210. The van der Waals surface area contributed by atoms with Crippen LogP contribution < -0.4 is 5.32 Å². The van der Waals surface area contributed by atoms with E-state index in [1.807, 2.05) is 18.2 Å². The number of nitrogens with one attached hydrogen (secondary N) is 1. The van der Waals surface area contributed by atoms with Crippen LogP contribution in [0.15, 0.2) is 22.6 Å². The molecule has 0 aliphatic heterocycles. The highest BCUT2D eigenvalue weighted by Crippen LogP contribution is 2.17. The fourth-order valence-corrected chi connectivity index (χ4v) is 1.64. The highest BCUT2D eigenvalue weighted by Gasteiger charge is 2.06. The Hall–Kier alpha value is -1.88. The molecule has 18 heavy (non-hydrogen) atoms. The van der Waals surface area contributed by atoms with Crippen molar-refractivity contribution < 1.29 is 13.9 Å². The molecule has 96 valence electrons. The summed E-state index contributed by atoms with van der Waals surface area (Å²) in [4.78, 5) is 15.6. The van der Waals surface area contributed by atoms with Crippen LogP contribution in [-0.4, -0.2) is 24.5 Å².